The number of nitrogens with one attached hydrogen (secondary N) is 1. The third kappa shape index (κ3) is 3.19. The van der Waals surface area contributed by atoms with Gasteiger partial charge in [0.15, 0.2) is 0 Å². The molecule has 1 N–H and O–H groups in total. The van der Waals surface area contributed by atoms with Crippen LogP contribution in [0, 0.1) is 0 Å². The van der Waals surface area contributed by atoms with Crippen molar-refractivity contribution in [2.45, 2.75) is 32.2 Å². The van der Waals surface area contributed by atoms with Crippen LogP contribution in [0.5, 0.6) is 0 Å². The Morgan fingerprint density at radius 3 is 3.24 bits per heavy atom. The minimum Gasteiger partial charge on any atom is -0.351 e. The van der Waals surface area contributed by atoms with Gasteiger partial charge in [-0.2, -0.15) is 0 Å². The highest BCUT2D eigenvalue weighted by Crippen LogP contribution is 2.29. The van der Waals surface area contributed by atoms with E-state index in [1.165, 1.54) is 19.3 Å². The van der Waals surface area contributed by atoms with E-state index < -0.39 is 0 Å². The number of nitrogens with zero attached hydrogens (tertiary/aromatic N) is 2. The van der Waals surface area contributed by atoms with Crippen LogP contribution in [-0.4, -0.2) is 30.7 Å². The van der Waals surface area contributed by atoms with E-state index >= 15 is 0 Å². The van der Waals surface area contributed by atoms with Crippen molar-refractivity contribution in [1.29, 1.82) is 0 Å². The lowest BCUT2D eigenvalue weighted by Gasteiger charge is -2.26. The molecule has 0 spiro atoms. The molecule has 0 radical (unpaired) electrons. The van der Waals surface area contributed by atoms with Gasteiger partial charge in [0, 0.05) is 25.3 Å². The van der Waals surface area contributed by atoms with Gasteiger partial charge in [0.05, 0.1) is 4.47 Å². The zero-order chi connectivity index (χ0) is 12.1. The maximum atomic E-state index is 4.49. The normalized spacial score (nSPS) is 19.9. The molecule has 1 saturated heterocycles. The summed E-state index contributed by atoms with van der Waals surface area (Å²) in [4.78, 5) is 6.91. The molecule has 3 nitrogen and oxygen atoms in total. The summed E-state index contributed by atoms with van der Waals surface area (Å²) in [7, 11) is 0. The van der Waals surface area contributed by atoms with Crippen LogP contribution in [0.1, 0.15) is 26.2 Å². The van der Waals surface area contributed by atoms with Gasteiger partial charge in [-0.3, -0.25) is 0 Å². The molecule has 0 amide bonds. The molecular weight excluding hydrogens is 278 g/mol. The fourth-order valence-corrected chi connectivity index (χ4v) is 2.84. The Morgan fingerprint density at radius 2 is 2.47 bits per heavy atom. The number of anilines is 1. The average Bonchev–Trinajstić information content (AvgIpc) is 2.78. The summed E-state index contributed by atoms with van der Waals surface area (Å²) in [6.45, 7) is 5.49. The van der Waals surface area contributed by atoms with E-state index in [2.05, 4.69) is 44.1 Å². The minimum atomic E-state index is 0.591. The first-order chi connectivity index (χ1) is 8.33. The van der Waals surface area contributed by atoms with Crippen LogP contribution in [-0.2, 0) is 0 Å². The van der Waals surface area contributed by atoms with Crippen LogP contribution < -0.4 is 10.2 Å². The summed E-state index contributed by atoms with van der Waals surface area (Å²) >= 11 is 3.59. The summed E-state index contributed by atoms with van der Waals surface area (Å²) in [5.74, 6) is 1.09. The predicted octanol–water partition coefficient (Wildman–Crippen LogP) is 2.81. The molecule has 1 aromatic rings. The van der Waals surface area contributed by atoms with Gasteiger partial charge in [0.2, 0.25) is 0 Å². The largest absolute Gasteiger partial charge is 0.351 e. The van der Waals surface area contributed by atoms with Crippen LogP contribution >= 0.6 is 15.9 Å². The van der Waals surface area contributed by atoms with Gasteiger partial charge in [-0.15, -0.1) is 0 Å². The van der Waals surface area contributed by atoms with E-state index in [4.69, 9.17) is 0 Å². The molecule has 0 bridgehead atoms. The van der Waals surface area contributed by atoms with Crippen LogP contribution in [0.2, 0.25) is 0 Å². The molecule has 0 saturated carbocycles. The number of hydrogen-bond donors (Lipinski definition) is 1. The van der Waals surface area contributed by atoms with Gasteiger partial charge < -0.3 is 10.2 Å². The summed E-state index contributed by atoms with van der Waals surface area (Å²) < 4.78 is 1.10. The topological polar surface area (TPSA) is 28.2 Å². The molecule has 17 heavy (non-hydrogen) atoms. The Labute approximate surface area is 112 Å². The van der Waals surface area contributed by atoms with Crippen LogP contribution in [0.15, 0.2) is 22.8 Å². The highest BCUT2D eigenvalue weighted by molar-refractivity contribution is 9.10. The number of hydrogen-bond acceptors (Lipinski definition) is 3. The lowest BCUT2D eigenvalue weighted by molar-refractivity contribution is 0.568. The zero-order valence-electron chi connectivity index (χ0n) is 10.3. The van der Waals surface area contributed by atoms with Crippen LogP contribution in [0.25, 0.3) is 0 Å². The van der Waals surface area contributed by atoms with Crippen LogP contribution in [0.4, 0.5) is 5.82 Å². The highest BCUT2D eigenvalue weighted by Gasteiger charge is 2.26. The Kier molecular flexibility index (Phi) is 4.80. The molecule has 2 heterocycles. The van der Waals surface area contributed by atoms with Gasteiger partial charge in [0.25, 0.3) is 0 Å². The van der Waals surface area contributed by atoms with E-state index in [1.54, 1.807) is 0 Å². The number of aromatic nitrogens is 1. The van der Waals surface area contributed by atoms with E-state index in [9.17, 15) is 0 Å². The SMILES string of the molecule is CCCNCC1CCCN1c1ncccc1Br. The molecule has 1 aliphatic heterocycles. The molecule has 1 aromatic heterocycles. The first-order valence-corrected chi connectivity index (χ1v) is 7.20. The van der Waals surface area contributed by atoms with Crippen molar-refractivity contribution < 1.29 is 0 Å². The molecule has 2 rings (SSSR count). The number of pyridine rings is 1. The van der Waals surface area contributed by atoms with Gasteiger partial charge in [-0.1, -0.05) is 6.92 Å². The van der Waals surface area contributed by atoms with E-state index in [0.29, 0.717) is 6.04 Å². The standard InChI is InChI=1S/C13H20BrN3/c1-2-7-15-10-11-5-4-9-17(11)13-12(14)6-3-8-16-13/h3,6,8,11,15H,2,4-5,7,9-10H2,1H3. The summed E-state index contributed by atoms with van der Waals surface area (Å²) in [6, 6.07) is 4.62. The van der Waals surface area contributed by atoms with E-state index in [-0.39, 0.29) is 0 Å². The van der Waals surface area contributed by atoms with Crippen molar-refractivity contribution in [3.8, 4) is 0 Å². The molecule has 0 aromatic carbocycles. The third-order valence-corrected chi connectivity index (χ3v) is 3.81. The predicted molar refractivity (Wildman–Crippen MR) is 75.5 cm³/mol. The third-order valence-electron chi connectivity index (χ3n) is 3.19. The molecule has 1 fully saturated rings. The van der Waals surface area contributed by atoms with Crippen molar-refractivity contribution >= 4 is 21.7 Å². The van der Waals surface area contributed by atoms with E-state index in [0.717, 1.165) is 29.9 Å². The number of rotatable bonds is 5. The summed E-state index contributed by atoms with van der Waals surface area (Å²) in [5.41, 5.74) is 0. The van der Waals surface area contributed by atoms with Gasteiger partial charge in [-0.05, 0) is 53.9 Å². The average molecular weight is 298 g/mol. The fraction of sp³-hybridized carbons (Fsp3) is 0.615. The Bertz CT molecular complexity index is 356. The summed E-state index contributed by atoms with van der Waals surface area (Å²) in [5, 5.41) is 3.51. The second-order valence-electron chi connectivity index (χ2n) is 4.50. The Balaban J connectivity index is 2.02. The maximum Gasteiger partial charge on any atom is 0.143 e. The lowest BCUT2D eigenvalue weighted by Crippen LogP contribution is -2.38. The Morgan fingerprint density at radius 1 is 1.59 bits per heavy atom. The maximum absolute atomic E-state index is 4.49. The smallest absolute Gasteiger partial charge is 0.143 e. The Hall–Kier alpha value is -0.610. The van der Waals surface area contributed by atoms with Crippen molar-refractivity contribution in [1.82, 2.24) is 10.3 Å². The number of halogens is 1. The van der Waals surface area contributed by atoms with Gasteiger partial charge in [-0.25, -0.2) is 4.98 Å². The zero-order valence-corrected chi connectivity index (χ0v) is 11.9. The van der Waals surface area contributed by atoms with Crippen molar-refractivity contribution in [2.24, 2.45) is 0 Å². The fourth-order valence-electron chi connectivity index (χ4n) is 2.36. The van der Waals surface area contributed by atoms with Crippen molar-refractivity contribution in [2.75, 3.05) is 24.5 Å². The van der Waals surface area contributed by atoms with E-state index in [1.807, 2.05) is 12.3 Å². The monoisotopic (exact) mass is 297 g/mol. The van der Waals surface area contributed by atoms with Crippen LogP contribution in [0.3, 0.4) is 0 Å². The molecule has 1 aliphatic rings. The van der Waals surface area contributed by atoms with Crippen molar-refractivity contribution in [3.63, 3.8) is 0 Å². The van der Waals surface area contributed by atoms with Crippen molar-refractivity contribution in [3.05, 3.63) is 22.8 Å². The second kappa shape index (κ2) is 6.36. The first-order valence-electron chi connectivity index (χ1n) is 6.40. The lowest BCUT2D eigenvalue weighted by atomic mass is 10.2. The molecule has 0 aliphatic carbocycles. The molecular formula is C13H20BrN3. The molecule has 1 atom stereocenters. The highest BCUT2D eigenvalue weighted by atomic mass is 79.9. The first kappa shape index (κ1) is 12.8. The van der Waals surface area contributed by atoms with Gasteiger partial charge >= 0.3 is 0 Å². The minimum absolute atomic E-state index is 0.591. The molecule has 1 unspecified atom stereocenters. The summed E-state index contributed by atoms with van der Waals surface area (Å²) in [6.07, 6.45) is 5.59. The quantitative estimate of drug-likeness (QED) is 0.847. The molecule has 94 valence electrons. The molecule has 4 heteroatoms. The van der Waals surface area contributed by atoms with Gasteiger partial charge in [0.1, 0.15) is 5.82 Å². The second-order valence-corrected chi connectivity index (χ2v) is 5.36.